The van der Waals surface area contributed by atoms with E-state index in [1.54, 1.807) is 0 Å². The van der Waals surface area contributed by atoms with E-state index in [4.69, 9.17) is 0 Å². The third kappa shape index (κ3) is 1.90. The molecule has 1 amide bonds. The zero-order chi connectivity index (χ0) is 15.1. The van der Waals surface area contributed by atoms with Crippen LogP contribution in [0.15, 0.2) is 59.7 Å². The summed E-state index contributed by atoms with van der Waals surface area (Å²) in [6.07, 6.45) is 0. The summed E-state index contributed by atoms with van der Waals surface area (Å²) in [4.78, 5) is 16.5. The standard InChI is InChI=1S/C17H14N4O/c1-12(22)21-17-18-14-9-5-6-10-16(14)20(17)11-15(19-21)13-7-3-2-4-8-13/h2-10H,11H2,1H3. The predicted molar refractivity (Wildman–Crippen MR) is 85.9 cm³/mol. The van der Waals surface area contributed by atoms with Crippen LogP contribution in [0.3, 0.4) is 0 Å². The van der Waals surface area contributed by atoms with Crippen molar-refractivity contribution in [2.75, 3.05) is 5.01 Å². The first-order valence-electron chi connectivity index (χ1n) is 7.13. The number of anilines is 1. The van der Waals surface area contributed by atoms with Crippen LogP contribution in [-0.2, 0) is 11.3 Å². The lowest BCUT2D eigenvalue weighted by atomic mass is 10.1. The predicted octanol–water partition coefficient (Wildman–Crippen LogP) is 2.81. The number of para-hydroxylation sites is 2. The lowest BCUT2D eigenvalue weighted by Gasteiger charge is -2.23. The van der Waals surface area contributed by atoms with Crippen molar-refractivity contribution in [1.82, 2.24) is 9.55 Å². The summed E-state index contributed by atoms with van der Waals surface area (Å²) in [6.45, 7) is 2.10. The number of nitrogens with zero attached hydrogens (tertiary/aromatic N) is 4. The Morgan fingerprint density at radius 2 is 1.77 bits per heavy atom. The van der Waals surface area contributed by atoms with E-state index in [0.29, 0.717) is 12.5 Å². The van der Waals surface area contributed by atoms with Crippen LogP contribution in [0.5, 0.6) is 0 Å². The number of aromatic nitrogens is 2. The highest BCUT2D eigenvalue weighted by Gasteiger charge is 2.26. The number of hydrogen-bond acceptors (Lipinski definition) is 3. The maximum absolute atomic E-state index is 12.0. The van der Waals surface area contributed by atoms with Gasteiger partial charge in [-0.2, -0.15) is 10.1 Å². The molecule has 0 atom stereocenters. The second-order valence-electron chi connectivity index (χ2n) is 5.23. The molecule has 1 aromatic heterocycles. The first-order valence-corrected chi connectivity index (χ1v) is 7.13. The Balaban J connectivity index is 1.91. The van der Waals surface area contributed by atoms with Crippen LogP contribution in [0.1, 0.15) is 12.5 Å². The van der Waals surface area contributed by atoms with E-state index in [1.807, 2.05) is 59.2 Å². The van der Waals surface area contributed by atoms with Gasteiger partial charge in [0.2, 0.25) is 11.9 Å². The van der Waals surface area contributed by atoms with Crippen molar-refractivity contribution in [3.63, 3.8) is 0 Å². The quantitative estimate of drug-likeness (QED) is 0.692. The number of benzene rings is 2. The number of carbonyl (C=O) groups excluding carboxylic acids is 1. The highest BCUT2D eigenvalue weighted by atomic mass is 16.2. The molecule has 22 heavy (non-hydrogen) atoms. The molecule has 1 aliphatic rings. The highest BCUT2D eigenvalue weighted by molar-refractivity contribution is 6.06. The van der Waals surface area contributed by atoms with Gasteiger partial charge in [-0.15, -0.1) is 0 Å². The number of imidazole rings is 1. The Morgan fingerprint density at radius 1 is 1.05 bits per heavy atom. The summed E-state index contributed by atoms with van der Waals surface area (Å²) < 4.78 is 2.03. The van der Waals surface area contributed by atoms with Crippen molar-refractivity contribution in [3.8, 4) is 0 Å². The highest BCUT2D eigenvalue weighted by Crippen LogP contribution is 2.27. The number of fused-ring (bicyclic) bond motifs is 3. The average molecular weight is 290 g/mol. The second kappa shape index (κ2) is 4.80. The Bertz CT molecular complexity index is 895. The molecule has 0 saturated heterocycles. The molecule has 5 nitrogen and oxygen atoms in total. The molecule has 4 rings (SSSR count). The molecule has 2 aromatic carbocycles. The molecule has 0 radical (unpaired) electrons. The van der Waals surface area contributed by atoms with Gasteiger partial charge in [-0.05, 0) is 17.7 Å². The minimum atomic E-state index is -0.148. The topological polar surface area (TPSA) is 50.5 Å². The molecule has 0 fully saturated rings. The van der Waals surface area contributed by atoms with Gasteiger partial charge in [0.25, 0.3) is 0 Å². The summed E-state index contributed by atoms with van der Waals surface area (Å²) in [5, 5.41) is 5.89. The fourth-order valence-corrected chi connectivity index (χ4v) is 2.72. The molecule has 5 heteroatoms. The van der Waals surface area contributed by atoms with Crippen LogP contribution in [0.25, 0.3) is 11.0 Å². The van der Waals surface area contributed by atoms with Crippen LogP contribution in [0.2, 0.25) is 0 Å². The molecule has 0 N–H and O–H groups in total. The lowest BCUT2D eigenvalue weighted by molar-refractivity contribution is -0.116. The van der Waals surface area contributed by atoms with Crippen molar-refractivity contribution >= 4 is 28.6 Å². The summed E-state index contributed by atoms with van der Waals surface area (Å²) in [5.41, 5.74) is 3.74. The van der Waals surface area contributed by atoms with Crippen molar-refractivity contribution in [3.05, 3.63) is 60.2 Å². The molecule has 0 bridgehead atoms. The fourth-order valence-electron chi connectivity index (χ4n) is 2.72. The second-order valence-corrected chi connectivity index (χ2v) is 5.23. The van der Waals surface area contributed by atoms with Crippen molar-refractivity contribution < 1.29 is 4.79 Å². The first kappa shape index (κ1) is 12.8. The van der Waals surface area contributed by atoms with Gasteiger partial charge in [-0.25, -0.2) is 4.98 Å². The zero-order valence-corrected chi connectivity index (χ0v) is 12.1. The van der Waals surface area contributed by atoms with E-state index >= 15 is 0 Å². The normalized spacial score (nSPS) is 13.9. The van der Waals surface area contributed by atoms with E-state index < -0.39 is 0 Å². The average Bonchev–Trinajstić information content (AvgIpc) is 2.93. The van der Waals surface area contributed by atoms with Gasteiger partial charge >= 0.3 is 0 Å². The molecule has 1 aliphatic heterocycles. The summed E-state index contributed by atoms with van der Waals surface area (Å²) in [5.74, 6) is 0.429. The van der Waals surface area contributed by atoms with Crippen LogP contribution in [-0.4, -0.2) is 21.2 Å². The van der Waals surface area contributed by atoms with Crippen molar-refractivity contribution in [2.24, 2.45) is 5.10 Å². The van der Waals surface area contributed by atoms with Crippen LogP contribution in [0.4, 0.5) is 5.95 Å². The van der Waals surface area contributed by atoms with E-state index in [2.05, 4.69) is 10.1 Å². The molecule has 0 saturated carbocycles. The van der Waals surface area contributed by atoms with Crippen molar-refractivity contribution in [2.45, 2.75) is 13.5 Å². The van der Waals surface area contributed by atoms with Gasteiger partial charge in [0.05, 0.1) is 23.3 Å². The molecular formula is C17H14N4O. The molecule has 0 unspecified atom stereocenters. The number of amides is 1. The SMILES string of the molecule is CC(=O)N1N=C(c2ccccc2)Cn2c1nc1ccccc12. The van der Waals surface area contributed by atoms with E-state index in [0.717, 1.165) is 22.3 Å². The number of hydrazone groups is 1. The first-order chi connectivity index (χ1) is 10.7. The number of carbonyl (C=O) groups is 1. The van der Waals surface area contributed by atoms with E-state index in [9.17, 15) is 4.79 Å². The van der Waals surface area contributed by atoms with Gasteiger partial charge in [0.1, 0.15) is 0 Å². The van der Waals surface area contributed by atoms with Crippen LogP contribution >= 0.6 is 0 Å². The maximum atomic E-state index is 12.0. The van der Waals surface area contributed by atoms with Gasteiger partial charge in [0, 0.05) is 6.92 Å². The fraction of sp³-hybridized carbons (Fsp3) is 0.118. The minimum absolute atomic E-state index is 0.148. The third-order valence-corrected chi connectivity index (χ3v) is 3.76. The van der Waals surface area contributed by atoms with E-state index in [-0.39, 0.29) is 5.91 Å². The molecule has 2 heterocycles. The minimum Gasteiger partial charge on any atom is -0.302 e. The van der Waals surface area contributed by atoms with Gasteiger partial charge in [-0.3, -0.25) is 4.79 Å². The summed E-state index contributed by atoms with van der Waals surface area (Å²) in [6, 6.07) is 17.8. The van der Waals surface area contributed by atoms with Crippen LogP contribution < -0.4 is 5.01 Å². The zero-order valence-electron chi connectivity index (χ0n) is 12.1. The monoisotopic (exact) mass is 290 g/mol. The lowest BCUT2D eigenvalue weighted by Crippen LogP contribution is -2.33. The molecule has 0 spiro atoms. The Kier molecular flexibility index (Phi) is 2.79. The Morgan fingerprint density at radius 3 is 2.55 bits per heavy atom. The number of hydrogen-bond donors (Lipinski definition) is 0. The van der Waals surface area contributed by atoms with Gasteiger partial charge in [-0.1, -0.05) is 42.5 Å². The molecular weight excluding hydrogens is 276 g/mol. The molecule has 0 aliphatic carbocycles. The van der Waals surface area contributed by atoms with Crippen LogP contribution in [0, 0.1) is 0 Å². The largest absolute Gasteiger partial charge is 0.302 e. The third-order valence-electron chi connectivity index (χ3n) is 3.76. The molecule has 3 aromatic rings. The van der Waals surface area contributed by atoms with Crippen molar-refractivity contribution in [1.29, 1.82) is 0 Å². The summed E-state index contributed by atoms with van der Waals surface area (Å²) >= 11 is 0. The maximum Gasteiger partial charge on any atom is 0.246 e. The summed E-state index contributed by atoms with van der Waals surface area (Å²) in [7, 11) is 0. The van der Waals surface area contributed by atoms with Gasteiger partial charge in [0.15, 0.2) is 0 Å². The smallest absolute Gasteiger partial charge is 0.246 e. The van der Waals surface area contributed by atoms with E-state index in [1.165, 1.54) is 11.9 Å². The van der Waals surface area contributed by atoms with Gasteiger partial charge < -0.3 is 4.57 Å². The Labute approximate surface area is 127 Å². The number of rotatable bonds is 1. The Hall–Kier alpha value is -2.95. The molecule has 108 valence electrons.